The van der Waals surface area contributed by atoms with Crippen LogP contribution in [0.5, 0.6) is 0 Å². The van der Waals surface area contributed by atoms with E-state index in [9.17, 15) is 14.7 Å². The Labute approximate surface area is 182 Å². The van der Waals surface area contributed by atoms with Crippen molar-refractivity contribution in [2.45, 2.75) is 57.3 Å². The Bertz CT molecular complexity index is 863. The van der Waals surface area contributed by atoms with E-state index in [1.807, 2.05) is 6.92 Å². The predicted octanol–water partition coefficient (Wildman–Crippen LogP) is 3.20. The van der Waals surface area contributed by atoms with E-state index >= 15 is 0 Å². The average molecular weight is 427 g/mol. The molecule has 0 amide bonds. The quantitative estimate of drug-likeness (QED) is 0.434. The number of carbonyl (C=O) groups excluding carboxylic acids is 2. The van der Waals surface area contributed by atoms with E-state index in [-0.39, 0.29) is 17.9 Å². The monoisotopic (exact) mass is 426 g/mol. The number of nitrogens with two attached hydrogens (primary N) is 1. The lowest BCUT2D eigenvalue weighted by Gasteiger charge is -2.24. The molecule has 166 valence electrons. The van der Waals surface area contributed by atoms with Gasteiger partial charge in [-0.2, -0.15) is 0 Å². The highest BCUT2D eigenvalue weighted by atomic mass is 16.5. The lowest BCUT2D eigenvalue weighted by molar-refractivity contribution is -0.145. The molecule has 0 unspecified atom stereocenters. The van der Waals surface area contributed by atoms with Gasteiger partial charge in [-0.05, 0) is 63.2 Å². The van der Waals surface area contributed by atoms with Crippen molar-refractivity contribution < 1.29 is 24.2 Å². The molecule has 2 heterocycles. The van der Waals surface area contributed by atoms with E-state index < -0.39 is 24.1 Å². The van der Waals surface area contributed by atoms with Crippen LogP contribution in [0, 0.1) is 11.8 Å². The van der Waals surface area contributed by atoms with Crippen molar-refractivity contribution in [1.82, 2.24) is 4.98 Å². The fourth-order valence-electron chi connectivity index (χ4n) is 4.09. The topological polar surface area (TPSA) is 112 Å². The molecule has 0 spiro atoms. The number of hydrogen-bond donors (Lipinski definition) is 2. The molecule has 2 aliphatic rings. The second-order valence-corrected chi connectivity index (χ2v) is 8.16. The van der Waals surface area contributed by atoms with Gasteiger partial charge in [0, 0.05) is 41.7 Å². The summed E-state index contributed by atoms with van der Waals surface area (Å²) in [4.78, 5) is 28.7. The Morgan fingerprint density at radius 2 is 2.19 bits per heavy atom. The number of pyridine rings is 1. The van der Waals surface area contributed by atoms with Gasteiger partial charge in [-0.15, -0.1) is 0 Å². The van der Waals surface area contributed by atoms with Gasteiger partial charge in [-0.25, -0.2) is 9.59 Å². The summed E-state index contributed by atoms with van der Waals surface area (Å²) in [6, 6.07) is 1.65. The summed E-state index contributed by atoms with van der Waals surface area (Å²) < 4.78 is 11.1. The number of anilines is 1. The van der Waals surface area contributed by atoms with Crippen LogP contribution in [-0.4, -0.2) is 40.3 Å². The summed E-state index contributed by atoms with van der Waals surface area (Å²) in [6.45, 7) is 1.87. The van der Waals surface area contributed by atoms with Gasteiger partial charge in [0.25, 0.3) is 0 Å². The molecule has 1 aliphatic heterocycles. The Balaban J connectivity index is 1.79. The van der Waals surface area contributed by atoms with Gasteiger partial charge in [0.05, 0.1) is 12.2 Å². The summed E-state index contributed by atoms with van der Waals surface area (Å²) in [5.41, 5.74) is 6.98. The van der Waals surface area contributed by atoms with Gasteiger partial charge in [0.15, 0.2) is 0 Å². The number of ether oxygens (including phenoxy) is 2. The SMILES string of the molecule is C[C@H]1CCC/C=C/[C@@H]2C[C@H](O)C[C@H]2[C@H](OC(=O)/C=C/c2cnccc2N)/C=C/C(=O)O1. The summed E-state index contributed by atoms with van der Waals surface area (Å²) in [7, 11) is 0. The van der Waals surface area contributed by atoms with E-state index in [0.717, 1.165) is 19.3 Å². The molecule has 1 aromatic heterocycles. The highest BCUT2D eigenvalue weighted by Gasteiger charge is 2.38. The highest BCUT2D eigenvalue weighted by molar-refractivity contribution is 5.88. The molecule has 0 aromatic carbocycles. The molecule has 1 fully saturated rings. The molecule has 0 bridgehead atoms. The highest BCUT2D eigenvalue weighted by Crippen LogP contribution is 2.37. The number of allylic oxidation sites excluding steroid dienone is 2. The van der Waals surface area contributed by atoms with E-state index in [0.29, 0.717) is 24.1 Å². The standard InChI is InChI=1S/C24H30N2O5/c1-16-5-3-2-4-6-17-13-19(27)14-20(17)22(8-10-23(28)30-16)31-24(29)9-7-18-15-26-12-11-21(18)25/h4,6-12,15-17,19-20,22,27H,2-3,5,13-14H2,1H3,(H2,25,26)/b6-4+,9-7+,10-8+/t16-,17+,19-,20+,22+/m0/s1. The molecular formula is C24H30N2O5. The molecule has 7 nitrogen and oxygen atoms in total. The van der Waals surface area contributed by atoms with Crippen molar-refractivity contribution in [3.8, 4) is 0 Å². The van der Waals surface area contributed by atoms with Crippen molar-refractivity contribution in [1.29, 1.82) is 0 Å². The van der Waals surface area contributed by atoms with Crippen molar-refractivity contribution in [3.05, 3.63) is 54.4 Å². The molecule has 0 saturated heterocycles. The average Bonchev–Trinajstić information content (AvgIpc) is 3.10. The number of aliphatic hydroxyl groups excluding tert-OH is 1. The van der Waals surface area contributed by atoms with E-state index in [4.69, 9.17) is 15.2 Å². The largest absolute Gasteiger partial charge is 0.460 e. The molecule has 3 N–H and O–H groups in total. The third kappa shape index (κ3) is 6.79. The lowest BCUT2D eigenvalue weighted by Crippen LogP contribution is -2.27. The minimum atomic E-state index is -0.668. The number of nitrogens with zero attached hydrogens (tertiary/aromatic N) is 1. The zero-order chi connectivity index (χ0) is 22.2. The molecule has 5 atom stereocenters. The number of cyclic esters (lactones) is 1. The number of esters is 2. The second kappa shape index (κ2) is 10.9. The van der Waals surface area contributed by atoms with Crippen molar-refractivity contribution in [3.63, 3.8) is 0 Å². The summed E-state index contributed by atoms with van der Waals surface area (Å²) in [6.07, 6.45) is 15.4. The normalized spacial score (nSPS) is 31.5. The maximum Gasteiger partial charge on any atom is 0.331 e. The minimum absolute atomic E-state index is 0.0598. The van der Waals surface area contributed by atoms with E-state index in [1.54, 1.807) is 30.6 Å². The summed E-state index contributed by atoms with van der Waals surface area (Å²) in [5, 5.41) is 10.2. The van der Waals surface area contributed by atoms with Crippen LogP contribution in [0.25, 0.3) is 6.08 Å². The molecule has 7 heteroatoms. The number of hydrogen-bond acceptors (Lipinski definition) is 7. The van der Waals surface area contributed by atoms with Gasteiger partial charge in [-0.1, -0.05) is 12.2 Å². The zero-order valence-corrected chi connectivity index (χ0v) is 17.7. The first-order valence-corrected chi connectivity index (χ1v) is 10.7. The van der Waals surface area contributed by atoms with Gasteiger partial charge in [0.2, 0.25) is 0 Å². The van der Waals surface area contributed by atoms with Crippen molar-refractivity contribution in [2.24, 2.45) is 11.8 Å². The number of carbonyl (C=O) groups is 2. The Morgan fingerprint density at radius 3 is 3.00 bits per heavy atom. The number of aliphatic hydroxyl groups is 1. The third-order valence-electron chi connectivity index (χ3n) is 5.70. The maximum absolute atomic E-state index is 12.5. The first kappa shape index (κ1) is 22.7. The van der Waals surface area contributed by atoms with Gasteiger partial charge >= 0.3 is 11.9 Å². The third-order valence-corrected chi connectivity index (χ3v) is 5.70. The van der Waals surface area contributed by atoms with Gasteiger partial charge in [0.1, 0.15) is 6.10 Å². The van der Waals surface area contributed by atoms with Crippen LogP contribution in [0.1, 0.15) is 44.6 Å². The van der Waals surface area contributed by atoms with Crippen LogP contribution in [0.15, 0.2) is 48.8 Å². The number of aromatic nitrogens is 1. The molecule has 0 radical (unpaired) electrons. The lowest BCUT2D eigenvalue weighted by atomic mass is 9.89. The summed E-state index contributed by atoms with van der Waals surface area (Å²) in [5.74, 6) is -1.10. The van der Waals surface area contributed by atoms with Crippen molar-refractivity contribution in [2.75, 3.05) is 5.73 Å². The Kier molecular flexibility index (Phi) is 8.00. The number of rotatable bonds is 3. The predicted molar refractivity (Wildman–Crippen MR) is 117 cm³/mol. The van der Waals surface area contributed by atoms with Crippen LogP contribution in [0.3, 0.4) is 0 Å². The molecule has 31 heavy (non-hydrogen) atoms. The molecule has 3 rings (SSSR count). The first-order chi connectivity index (χ1) is 14.9. The van der Waals surface area contributed by atoms with E-state index in [2.05, 4.69) is 17.1 Å². The Hall–Kier alpha value is -2.93. The second-order valence-electron chi connectivity index (χ2n) is 8.16. The van der Waals surface area contributed by atoms with Crippen LogP contribution in [0.2, 0.25) is 0 Å². The zero-order valence-electron chi connectivity index (χ0n) is 17.7. The number of nitrogen functional groups attached to an aromatic ring is 1. The van der Waals surface area contributed by atoms with Gasteiger partial charge in [-0.3, -0.25) is 4.98 Å². The van der Waals surface area contributed by atoms with Crippen molar-refractivity contribution >= 4 is 23.7 Å². The smallest absolute Gasteiger partial charge is 0.331 e. The molecule has 1 saturated carbocycles. The first-order valence-electron chi connectivity index (χ1n) is 10.7. The van der Waals surface area contributed by atoms with Crippen LogP contribution in [0.4, 0.5) is 5.69 Å². The van der Waals surface area contributed by atoms with Crippen LogP contribution < -0.4 is 5.73 Å². The van der Waals surface area contributed by atoms with E-state index in [1.165, 1.54) is 12.2 Å². The maximum atomic E-state index is 12.5. The fourth-order valence-corrected chi connectivity index (χ4v) is 4.09. The van der Waals surface area contributed by atoms with Crippen LogP contribution >= 0.6 is 0 Å². The fraction of sp³-hybridized carbons (Fsp3) is 0.458. The number of fused-ring (bicyclic) bond motifs is 1. The summed E-state index contributed by atoms with van der Waals surface area (Å²) >= 11 is 0. The minimum Gasteiger partial charge on any atom is -0.460 e. The molecule has 1 aliphatic carbocycles. The van der Waals surface area contributed by atoms with Gasteiger partial charge < -0.3 is 20.3 Å². The van der Waals surface area contributed by atoms with Crippen LogP contribution in [-0.2, 0) is 19.1 Å². The Morgan fingerprint density at radius 1 is 1.35 bits per heavy atom. The molecular weight excluding hydrogens is 396 g/mol. The molecule has 1 aromatic rings.